The second-order valence-corrected chi connectivity index (χ2v) is 8.30. The zero-order valence-electron chi connectivity index (χ0n) is 16.8. The van der Waals surface area contributed by atoms with Gasteiger partial charge in [-0.1, -0.05) is 11.6 Å². The molecule has 0 radical (unpaired) electrons. The van der Waals surface area contributed by atoms with Gasteiger partial charge in [-0.15, -0.1) is 0 Å². The van der Waals surface area contributed by atoms with Crippen molar-refractivity contribution >= 4 is 24.0 Å². The van der Waals surface area contributed by atoms with Gasteiger partial charge in [-0.2, -0.15) is 5.10 Å². The third-order valence-corrected chi connectivity index (χ3v) is 6.11. The van der Waals surface area contributed by atoms with Crippen molar-refractivity contribution < 1.29 is 24.2 Å². The number of likely N-dealkylation sites (tertiary alicyclic amines) is 1. The third kappa shape index (κ3) is 5.48. The standard InChI is InChI=1S/C18H27ClN4O3.CH2O2/c1-21-11-15(19)16(20-21)17(24)23-7-9-26-18(13-23)3-5-22(6-4-18)10-14-2-8-25-12-14;2-1-3/h11,14H,2-10,12-13H2,1H3;1H,(H,2,3). The quantitative estimate of drug-likeness (QED) is 0.720. The van der Waals surface area contributed by atoms with E-state index in [4.69, 9.17) is 31.0 Å². The second-order valence-electron chi connectivity index (χ2n) is 7.89. The largest absolute Gasteiger partial charge is 0.483 e. The molecule has 0 aromatic carbocycles. The molecule has 10 heteroatoms. The van der Waals surface area contributed by atoms with Gasteiger partial charge in [0.1, 0.15) is 0 Å². The van der Waals surface area contributed by atoms with Crippen molar-refractivity contribution in [1.82, 2.24) is 19.6 Å². The number of aromatic nitrogens is 2. The fourth-order valence-corrected chi connectivity index (χ4v) is 4.57. The number of morpholine rings is 1. The Morgan fingerprint density at radius 2 is 2.10 bits per heavy atom. The van der Waals surface area contributed by atoms with Crippen molar-refractivity contribution in [2.75, 3.05) is 52.5 Å². The molecule has 0 saturated carbocycles. The number of nitrogens with zero attached hydrogens (tertiary/aromatic N) is 4. The van der Waals surface area contributed by atoms with E-state index in [2.05, 4.69) is 10.00 Å². The van der Waals surface area contributed by atoms with Crippen LogP contribution in [0, 0.1) is 5.92 Å². The smallest absolute Gasteiger partial charge is 0.290 e. The van der Waals surface area contributed by atoms with Crippen LogP contribution in [0.4, 0.5) is 0 Å². The highest BCUT2D eigenvalue weighted by molar-refractivity contribution is 6.33. The molecule has 3 saturated heterocycles. The molecule has 1 unspecified atom stereocenters. The first-order valence-corrected chi connectivity index (χ1v) is 10.3. The Labute approximate surface area is 175 Å². The average Bonchev–Trinajstić information content (AvgIpc) is 3.33. The number of hydrogen-bond donors (Lipinski definition) is 1. The molecule has 1 aromatic heterocycles. The SMILES string of the molecule is Cn1cc(Cl)c(C(=O)N2CCOC3(CCN(CC4CCOC4)CC3)C2)n1.O=CO. The monoisotopic (exact) mass is 428 g/mol. The van der Waals surface area contributed by atoms with E-state index in [1.165, 1.54) is 6.42 Å². The Hall–Kier alpha value is -1.68. The summed E-state index contributed by atoms with van der Waals surface area (Å²) in [5.41, 5.74) is 0.113. The first-order chi connectivity index (χ1) is 14.0. The summed E-state index contributed by atoms with van der Waals surface area (Å²) >= 11 is 6.16. The van der Waals surface area contributed by atoms with E-state index in [1.54, 1.807) is 17.9 Å². The number of piperidine rings is 1. The summed E-state index contributed by atoms with van der Waals surface area (Å²) in [6, 6.07) is 0. The number of halogens is 1. The minimum absolute atomic E-state index is 0.0937. The van der Waals surface area contributed by atoms with Crippen molar-refractivity contribution in [3.05, 3.63) is 16.9 Å². The van der Waals surface area contributed by atoms with E-state index in [1.807, 2.05) is 4.90 Å². The zero-order valence-corrected chi connectivity index (χ0v) is 17.5. The Morgan fingerprint density at radius 3 is 2.69 bits per heavy atom. The molecule has 0 bridgehead atoms. The molecule has 3 aliphatic heterocycles. The van der Waals surface area contributed by atoms with E-state index in [0.717, 1.165) is 45.7 Å². The predicted octanol–water partition coefficient (Wildman–Crippen LogP) is 1.12. The number of carboxylic acid groups (broad SMARTS) is 1. The van der Waals surface area contributed by atoms with Crippen LogP contribution in [0.1, 0.15) is 29.8 Å². The summed E-state index contributed by atoms with van der Waals surface area (Å²) in [6.45, 7) is 6.49. The first kappa shape index (κ1) is 22.0. The van der Waals surface area contributed by atoms with Gasteiger partial charge in [0.25, 0.3) is 12.4 Å². The van der Waals surface area contributed by atoms with E-state index in [0.29, 0.717) is 36.3 Å². The normalized spacial score (nSPS) is 24.2. The molecule has 1 aromatic rings. The lowest BCUT2D eigenvalue weighted by atomic mass is 9.88. The number of ether oxygens (including phenoxy) is 2. The van der Waals surface area contributed by atoms with Crippen LogP contribution in [0.15, 0.2) is 6.20 Å². The molecular weight excluding hydrogens is 400 g/mol. The molecule has 9 nitrogen and oxygen atoms in total. The summed E-state index contributed by atoms with van der Waals surface area (Å²) in [5, 5.41) is 11.5. The highest BCUT2D eigenvalue weighted by Gasteiger charge is 2.42. The van der Waals surface area contributed by atoms with Gasteiger partial charge in [-0.05, 0) is 25.2 Å². The third-order valence-electron chi connectivity index (χ3n) is 5.83. The molecule has 3 fully saturated rings. The van der Waals surface area contributed by atoms with Gasteiger partial charge < -0.3 is 24.4 Å². The molecular formula is C19H29ClN4O5. The zero-order chi connectivity index (χ0) is 20.9. The molecule has 4 heterocycles. The maximum atomic E-state index is 12.8. The fraction of sp³-hybridized carbons (Fsp3) is 0.737. The maximum Gasteiger partial charge on any atom is 0.290 e. The summed E-state index contributed by atoms with van der Waals surface area (Å²) in [4.78, 5) is 25.6. The first-order valence-electron chi connectivity index (χ1n) is 9.97. The van der Waals surface area contributed by atoms with Gasteiger partial charge in [0, 0.05) is 46.0 Å². The fourth-order valence-electron chi connectivity index (χ4n) is 4.31. The molecule has 1 N–H and O–H groups in total. The van der Waals surface area contributed by atoms with Crippen LogP contribution in [0.2, 0.25) is 5.02 Å². The Balaban J connectivity index is 0.000000755. The number of rotatable bonds is 3. The maximum absolute atomic E-state index is 12.8. The lowest BCUT2D eigenvalue weighted by Gasteiger charge is -2.47. The molecule has 1 atom stereocenters. The molecule has 0 aliphatic carbocycles. The lowest BCUT2D eigenvalue weighted by Crippen LogP contribution is -2.58. The number of carbonyl (C=O) groups excluding carboxylic acids is 1. The van der Waals surface area contributed by atoms with Crippen molar-refractivity contribution in [2.45, 2.75) is 24.9 Å². The Bertz CT molecular complexity index is 699. The minimum atomic E-state index is -0.250. The molecule has 4 rings (SSSR count). The van der Waals surface area contributed by atoms with Gasteiger partial charge in [0.2, 0.25) is 0 Å². The summed E-state index contributed by atoms with van der Waals surface area (Å²) in [6.07, 6.45) is 4.75. The van der Waals surface area contributed by atoms with Crippen LogP contribution in [-0.2, 0) is 21.3 Å². The van der Waals surface area contributed by atoms with Crippen LogP contribution in [0.5, 0.6) is 0 Å². The predicted molar refractivity (Wildman–Crippen MR) is 106 cm³/mol. The van der Waals surface area contributed by atoms with E-state index in [9.17, 15) is 4.79 Å². The molecule has 3 aliphatic rings. The van der Waals surface area contributed by atoms with Crippen molar-refractivity contribution in [3.63, 3.8) is 0 Å². The number of amides is 1. The van der Waals surface area contributed by atoms with Crippen LogP contribution in [0.25, 0.3) is 0 Å². The van der Waals surface area contributed by atoms with Gasteiger partial charge >= 0.3 is 0 Å². The van der Waals surface area contributed by atoms with Crippen molar-refractivity contribution in [2.24, 2.45) is 13.0 Å². The highest BCUT2D eigenvalue weighted by atomic mass is 35.5. The molecule has 1 spiro atoms. The molecule has 1 amide bonds. The van der Waals surface area contributed by atoms with Crippen LogP contribution in [-0.4, -0.2) is 95.2 Å². The van der Waals surface area contributed by atoms with Gasteiger partial charge in [-0.25, -0.2) is 0 Å². The van der Waals surface area contributed by atoms with E-state index < -0.39 is 0 Å². The van der Waals surface area contributed by atoms with Crippen LogP contribution in [0.3, 0.4) is 0 Å². The summed E-state index contributed by atoms with van der Waals surface area (Å²) in [5.74, 6) is 0.574. The molecule has 162 valence electrons. The van der Waals surface area contributed by atoms with Crippen molar-refractivity contribution in [3.8, 4) is 0 Å². The topological polar surface area (TPSA) is 97.1 Å². The van der Waals surface area contributed by atoms with Gasteiger partial charge in [-0.3, -0.25) is 14.3 Å². The van der Waals surface area contributed by atoms with Crippen molar-refractivity contribution in [1.29, 1.82) is 0 Å². The Kier molecular flexibility index (Phi) is 7.50. The molecule has 29 heavy (non-hydrogen) atoms. The number of carbonyl (C=O) groups is 2. The average molecular weight is 429 g/mol. The number of hydrogen-bond acceptors (Lipinski definition) is 6. The Morgan fingerprint density at radius 1 is 1.38 bits per heavy atom. The second kappa shape index (κ2) is 9.88. The lowest BCUT2D eigenvalue weighted by molar-refractivity contribution is -0.128. The van der Waals surface area contributed by atoms with Crippen LogP contribution >= 0.6 is 11.6 Å². The van der Waals surface area contributed by atoms with E-state index in [-0.39, 0.29) is 18.0 Å². The van der Waals surface area contributed by atoms with Gasteiger partial charge in [0.15, 0.2) is 5.69 Å². The van der Waals surface area contributed by atoms with Gasteiger partial charge in [0.05, 0.1) is 30.4 Å². The number of aryl methyl sites for hydroxylation is 1. The summed E-state index contributed by atoms with van der Waals surface area (Å²) < 4.78 is 13.2. The van der Waals surface area contributed by atoms with E-state index >= 15 is 0 Å². The van der Waals surface area contributed by atoms with Crippen LogP contribution < -0.4 is 0 Å². The highest BCUT2D eigenvalue weighted by Crippen LogP contribution is 2.32. The summed E-state index contributed by atoms with van der Waals surface area (Å²) in [7, 11) is 1.77. The minimum Gasteiger partial charge on any atom is -0.483 e.